The van der Waals surface area contributed by atoms with Gasteiger partial charge in [0.2, 0.25) is 5.91 Å². The fraction of sp³-hybridized carbons (Fsp3) is 0.875. The van der Waals surface area contributed by atoms with Crippen molar-refractivity contribution in [2.75, 3.05) is 20.6 Å². The van der Waals surface area contributed by atoms with E-state index in [1.807, 2.05) is 0 Å². The van der Waals surface area contributed by atoms with Gasteiger partial charge in [-0.3, -0.25) is 4.79 Å². The Balaban J connectivity index is 2.13. The molecule has 0 saturated carbocycles. The van der Waals surface area contributed by atoms with E-state index in [-0.39, 0.29) is 18.1 Å². The quantitative estimate of drug-likeness (QED) is 0.585. The van der Waals surface area contributed by atoms with Crippen LogP contribution in [0.3, 0.4) is 0 Å². The minimum absolute atomic E-state index is 0.121. The molecule has 0 aromatic rings. The van der Waals surface area contributed by atoms with E-state index >= 15 is 0 Å². The summed E-state index contributed by atoms with van der Waals surface area (Å²) in [6.07, 6.45) is 1.000. The highest BCUT2D eigenvalue weighted by molar-refractivity contribution is 5.75. The Hall–Kier alpha value is -0.610. The van der Waals surface area contributed by atoms with Crippen molar-refractivity contribution in [3.8, 4) is 0 Å². The fourth-order valence-electron chi connectivity index (χ4n) is 1.19. The smallest absolute Gasteiger partial charge is 0.222 e. The number of carbonyl (C=O) groups excluding carboxylic acids is 1. The Bertz CT molecular complexity index is 170. The molecule has 1 heterocycles. The van der Waals surface area contributed by atoms with Gasteiger partial charge in [0.25, 0.3) is 0 Å². The zero-order chi connectivity index (χ0) is 9.14. The predicted octanol–water partition coefficient (Wildman–Crippen LogP) is -0.812. The van der Waals surface area contributed by atoms with Crippen LogP contribution in [0.4, 0.5) is 0 Å². The topological polar surface area (TPSA) is 52.6 Å². The molecule has 0 aromatic heterocycles. The van der Waals surface area contributed by atoms with Gasteiger partial charge >= 0.3 is 0 Å². The molecule has 0 radical (unpaired) electrons. The maximum atomic E-state index is 11.1. The average Bonchev–Trinajstić information content (AvgIpc) is 2.01. The summed E-state index contributed by atoms with van der Waals surface area (Å²) in [4.78, 5) is 12.7. The van der Waals surface area contributed by atoms with Crippen LogP contribution in [0.5, 0.6) is 0 Å². The van der Waals surface area contributed by atoms with E-state index in [1.54, 1.807) is 19.0 Å². The van der Waals surface area contributed by atoms with E-state index in [4.69, 9.17) is 0 Å². The number of β-amino-alcohol motifs (C(OH)–C–C–N with tert-alkyl or cyclic N) is 1. The molecule has 1 aliphatic rings. The molecule has 4 nitrogen and oxygen atoms in total. The molecule has 1 aliphatic heterocycles. The van der Waals surface area contributed by atoms with Crippen molar-refractivity contribution in [2.45, 2.75) is 25.0 Å². The van der Waals surface area contributed by atoms with Gasteiger partial charge in [-0.2, -0.15) is 0 Å². The molecule has 0 bridgehead atoms. The van der Waals surface area contributed by atoms with Gasteiger partial charge < -0.3 is 15.3 Å². The van der Waals surface area contributed by atoms with Gasteiger partial charge in [-0.15, -0.1) is 0 Å². The number of hydrogen-bond donors (Lipinski definition) is 2. The number of aliphatic hydroxyl groups excluding tert-OH is 1. The van der Waals surface area contributed by atoms with Crippen molar-refractivity contribution < 1.29 is 9.90 Å². The van der Waals surface area contributed by atoms with Crippen LogP contribution in [0.1, 0.15) is 12.8 Å². The van der Waals surface area contributed by atoms with Crippen LogP contribution in [0, 0.1) is 0 Å². The first-order chi connectivity index (χ1) is 5.61. The van der Waals surface area contributed by atoms with E-state index in [2.05, 4.69) is 5.32 Å². The Morgan fingerprint density at radius 1 is 1.67 bits per heavy atom. The van der Waals surface area contributed by atoms with E-state index < -0.39 is 0 Å². The van der Waals surface area contributed by atoms with Crippen LogP contribution < -0.4 is 5.32 Å². The van der Waals surface area contributed by atoms with Crippen LogP contribution in [-0.4, -0.2) is 48.7 Å². The maximum Gasteiger partial charge on any atom is 0.222 e. The van der Waals surface area contributed by atoms with Crippen molar-refractivity contribution in [3.63, 3.8) is 0 Å². The second-order valence-corrected chi connectivity index (χ2v) is 3.41. The first kappa shape index (κ1) is 9.48. The summed E-state index contributed by atoms with van der Waals surface area (Å²) in [6, 6.07) is 0.133. The number of nitrogens with one attached hydrogen (secondary N) is 1. The summed E-state index contributed by atoms with van der Waals surface area (Å²) in [7, 11) is 3.49. The van der Waals surface area contributed by atoms with Crippen molar-refractivity contribution in [3.05, 3.63) is 0 Å². The van der Waals surface area contributed by atoms with Gasteiger partial charge in [0.15, 0.2) is 0 Å². The van der Waals surface area contributed by atoms with E-state index in [0.29, 0.717) is 13.0 Å². The molecular weight excluding hydrogens is 156 g/mol. The molecule has 4 heteroatoms. The highest BCUT2D eigenvalue weighted by Crippen LogP contribution is 2.10. The van der Waals surface area contributed by atoms with Gasteiger partial charge in [-0.25, -0.2) is 0 Å². The Labute approximate surface area is 72.6 Å². The first-order valence-electron chi connectivity index (χ1n) is 4.23. The zero-order valence-corrected chi connectivity index (χ0v) is 7.58. The van der Waals surface area contributed by atoms with E-state index in [0.717, 1.165) is 6.42 Å². The first-order valence-corrected chi connectivity index (χ1v) is 4.23. The second kappa shape index (κ2) is 3.87. The number of carbonyl (C=O) groups is 1. The predicted molar refractivity (Wildman–Crippen MR) is 45.7 cm³/mol. The van der Waals surface area contributed by atoms with Crippen LogP contribution in [0.2, 0.25) is 0 Å². The molecule has 2 N–H and O–H groups in total. The third-order valence-electron chi connectivity index (χ3n) is 2.22. The SMILES string of the molecule is CN(C)C(=O)CC[C@@H]1NCC1O. The molecule has 2 atom stereocenters. The lowest BCUT2D eigenvalue weighted by atomic mass is 9.98. The lowest BCUT2D eigenvalue weighted by molar-refractivity contribution is -0.129. The largest absolute Gasteiger partial charge is 0.390 e. The van der Waals surface area contributed by atoms with Crippen molar-refractivity contribution in [1.82, 2.24) is 10.2 Å². The summed E-state index contributed by atoms with van der Waals surface area (Å²) in [5.74, 6) is 0.121. The molecule has 1 fully saturated rings. The number of nitrogens with zero attached hydrogens (tertiary/aromatic N) is 1. The number of aliphatic hydroxyl groups is 1. The highest BCUT2D eigenvalue weighted by atomic mass is 16.3. The standard InChI is InChI=1S/C8H16N2O2/c1-10(2)8(12)4-3-6-7(11)5-9-6/h6-7,9,11H,3-5H2,1-2H3/t6-,7?/m0/s1. The van der Waals surface area contributed by atoms with Gasteiger partial charge in [0.1, 0.15) is 0 Å². The average molecular weight is 172 g/mol. The summed E-state index contributed by atoms with van der Waals surface area (Å²) in [5.41, 5.74) is 0. The minimum atomic E-state index is -0.250. The van der Waals surface area contributed by atoms with Crippen molar-refractivity contribution in [1.29, 1.82) is 0 Å². The van der Waals surface area contributed by atoms with Crippen LogP contribution >= 0.6 is 0 Å². The Morgan fingerprint density at radius 3 is 2.67 bits per heavy atom. The van der Waals surface area contributed by atoms with Gasteiger partial charge in [-0.1, -0.05) is 0 Å². The maximum absolute atomic E-state index is 11.1. The lowest BCUT2D eigenvalue weighted by Crippen LogP contribution is -2.57. The summed E-state index contributed by atoms with van der Waals surface area (Å²) < 4.78 is 0. The lowest BCUT2D eigenvalue weighted by Gasteiger charge is -2.34. The second-order valence-electron chi connectivity index (χ2n) is 3.41. The van der Waals surface area contributed by atoms with Crippen molar-refractivity contribution in [2.24, 2.45) is 0 Å². The molecular formula is C8H16N2O2. The van der Waals surface area contributed by atoms with E-state index in [1.165, 1.54) is 0 Å². The third-order valence-corrected chi connectivity index (χ3v) is 2.22. The number of hydrogen-bond acceptors (Lipinski definition) is 3. The summed E-state index contributed by atoms with van der Waals surface area (Å²) >= 11 is 0. The monoisotopic (exact) mass is 172 g/mol. The molecule has 0 aromatic carbocycles. The molecule has 1 amide bonds. The normalized spacial score (nSPS) is 27.9. The fourth-order valence-corrected chi connectivity index (χ4v) is 1.19. The van der Waals surface area contributed by atoms with Crippen LogP contribution in [-0.2, 0) is 4.79 Å². The number of rotatable bonds is 3. The van der Waals surface area contributed by atoms with E-state index in [9.17, 15) is 9.90 Å². The highest BCUT2D eigenvalue weighted by Gasteiger charge is 2.28. The molecule has 0 aliphatic carbocycles. The van der Waals surface area contributed by atoms with Gasteiger partial charge in [0, 0.05) is 33.1 Å². The molecule has 1 unspecified atom stereocenters. The Kier molecular flexibility index (Phi) is 3.05. The van der Waals surface area contributed by atoms with Gasteiger partial charge in [-0.05, 0) is 6.42 Å². The summed E-state index contributed by atoms with van der Waals surface area (Å²) in [6.45, 7) is 0.667. The molecule has 1 saturated heterocycles. The third kappa shape index (κ3) is 2.19. The number of amides is 1. The Morgan fingerprint density at radius 2 is 2.33 bits per heavy atom. The van der Waals surface area contributed by atoms with Gasteiger partial charge in [0.05, 0.1) is 6.10 Å². The molecule has 1 rings (SSSR count). The molecule has 70 valence electrons. The van der Waals surface area contributed by atoms with Crippen LogP contribution in [0.25, 0.3) is 0 Å². The molecule has 12 heavy (non-hydrogen) atoms. The molecule has 0 spiro atoms. The van der Waals surface area contributed by atoms with Crippen LogP contribution in [0.15, 0.2) is 0 Å². The zero-order valence-electron chi connectivity index (χ0n) is 7.58. The summed E-state index contributed by atoms with van der Waals surface area (Å²) in [5, 5.41) is 12.2. The minimum Gasteiger partial charge on any atom is -0.390 e. The van der Waals surface area contributed by atoms with Crippen molar-refractivity contribution >= 4 is 5.91 Å².